The molecular weight excluding hydrogens is 255 g/mol. The highest BCUT2D eigenvalue weighted by Gasteiger charge is 2.25. The highest BCUT2D eigenvalue weighted by atomic mass is 35.5. The number of carbonyl (C=O) groups is 1. The molecule has 1 unspecified atom stereocenters. The minimum atomic E-state index is -2.31. The molecular formula is C7H3Cl3FNO2. The van der Waals surface area contributed by atoms with E-state index in [1.807, 2.05) is 0 Å². The summed E-state index contributed by atoms with van der Waals surface area (Å²) < 4.78 is 13.0. The van der Waals surface area contributed by atoms with Crippen LogP contribution < -0.4 is 0 Å². The van der Waals surface area contributed by atoms with E-state index >= 15 is 0 Å². The SMILES string of the molecule is O=C(O)C(F)c1ncc(Cl)c(Cl)c1Cl. The fourth-order valence-corrected chi connectivity index (χ4v) is 1.33. The van der Waals surface area contributed by atoms with Crippen molar-refractivity contribution in [2.45, 2.75) is 6.17 Å². The van der Waals surface area contributed by atoms with Gasteiger partial charge in [0.25, 0.3) is 0 Å². The molecule has 1 N–H and O–H groups in total. The van der Waals surface area contributed by atoms with Crippen LogP contribution in [0.1, 0.15) is 11.9 Å². The van der Waals surface area contributed by atoms with Crippen LogP contribution in [-0.2, 0) is 4.79 Å². The van der Waals surface area contributed by atoms with E-state index in [0.29, 0.717) is 0 Å². The standard InChI is InChI=1S/C7H3Cl3FNO2/c8-2-1-12-6(4(10)3(2)9)5(11)7(13)14/h1,5H,(H,13,14). The molecule has 1 aromatic heterocycles. The van der Waals surface area contributed by atoms with Gasteiger partial charge >= 0.3 is 5.97 Å². The highest BCUT2D eigenvalue weighted by molar-refractivity contribution is 6.48. The number of aromatic nitrogens is 1. The van der Waals surface area contributed by atoms with Crippen molar-refractivity contribution >= 4 is 40.8 Å². The second-order valence-corrected chi connectivity index (χ2v) is 3.48. The highest BCUT2D eigenvalue weighted by Crippen LogP contribution is 2.34. The summed E-state index contributed by atoms with van der Waals surface area (Å²) in [6, 6.07) is 0. The van der Waals surface area contributed by atoms with E-state index in [2.05, 4.69) is 4.98 Å². The number of alkyl halides is 1. The second kappa shape index (κ2) is 4.29. The van der Waals surface area contributed by atoms with E-state index in [0.717, 1.165) is 6.20 Å². The molecule has 0 saturated carbocycles. The lowest BCUT2D eigenvalue weighted by Gasteiger charge is -2.06. The van der Waals surface area contributed by atoms with Gasteiger partial charge in [-0.1, -0.05) is 34.8 Å². The van der Waals surface area contributed by atoms with Crippen molar-refractivity contribution in [1.29, 1.82) is 0 Å². The van der Waals surface area contributed by atoms with Crippen LogP contribution in [0.25, 0.3) is 0 Å². The van der Waals surface area contributed by atoms with Gasteiger partial charge in [-0.05, 0) is 0 Å². The fourth-order valence-electron chi connectivity index (χ4n) is 0.750. The first-order chi connectivity index (χ1) is 6.45. The average Bonchev–Trinajstić information content (AvgIpc) is 2.13. The number of nitrogens with zero attached hydrogens (tertiary/aromatic N) is 1. The quantitative estimate of drug-likeness (QED) is 0.886. The van der Waals surface area contributed by atoms with E-state index < -0.39 is 17.8 Å². The maximum absolute atomic E-state index is 13.0. The molecule has 3 nitrogen and oxygen atoms in total. The largest absolute Gasteiger partial charge is 0.479 e. The molecule has 1 heterocycles. The number of rotatable bonds is 2. The number of aliphatic carboxylic acids is 1. The van der Waals surface area contributed by atoms with E-state index in [1.54, 1.807) is 0 Å². The van der Waals surface area contributed by atoms with Crippen molar-refractivity contribution in [2.75, 3.05) is 0 Å². The summed E-state index contributed by atoms with van der Waals surface area (Å²) in [6.45, 7) is 0. The van der Waals surface area contributed by atoms with Crippen LogP contribution in [0, 0.1) is 0 Å². The summed E-state index contributed by atoms with van der Waals surface area (Å²) in [4.78, 5) is 13.8. The first-order valence-electron chi connectivity index (χ1n) is 3.31. The summed E-state index contributed by atoms with van der Waals surface area (Å²) in [6.07, 6.45) is -1.27. The van der Waals surface area contributed by atoms with Gasteiger partial charge in [-0.25, -0.2) is 9.18 Å². The van der Waals surface area contributed by atoms with Crippen molar-refractivity contribution in [3.8, 4) is 0 Å². The minimum Gasteiger partial charge on any atom is -0.479 e. The summed E-state index contributed by atoms with van der Waals surface area (Å²) in [7, 11) is 0. The van der Waals surface area contributed by atoms with Gasteiger partial charge < -0.3 is 5.11 Å². The molecule has 0 fully saturated rings. The molecule has 7 heteroatoms. The van der Waals surface area contributed by atoms with Crippen molar-refractivity contribution in [3.63, 3.8) is 0 Å². The molecule has 0 saturated heterocycles. The molecule has 0 aliphatic rings. The van der Waals surface area contributed by atoms with Crippen LogP contribution in [0.4, 0.5) is 4.39 Å². The third-order valence-corrected chi connectivity index (χ3v) is 2.66. The number of hydrogen-bond acceptors (Lipinski definition) is 2. The molecule has 1 aromatic rings. The van der Waals surface area contributed by atoms with Crippen LogP contribution in [0.3, 0.4) is 0 Å². The summed E-state index contributed by atoms with van der Waals surface area (Å²) in [5.41, 5.74) is -0.450. The maximum Gasteiger partial charge on any atom is 0.344 e. The van der Waals surface area contributed by atoms with Gasteiger partial charge in [0.2, 0.25) is 6.17 Å². The van der Waals surface area contributed by atoms with Gasteiger partial charge in [-0.15, -0.1) is 0 Å². The molecule has 0 amide bonds. The molecule has 0 aliphatic heterocycles. The Balaban J connectivity index is 3.24. The first-order valence-corrected chi connectivity index (χ1v) is 4.44. The third kappa shape index (κ3) is 2.08. The van der Waals surface area contributed by atoms with Crippen molar-refractivity contribution in [1.82, 2.24) is 4.98 Å². The number of halogens is 4. The van der Waals surface area contributed by atoms with Gasteiger partial charge in [0, 0.05) is 6.20 Å². The predicted molar refractivity (Wildman–Crippen MR) is 50.8 cm³/mol. The smallest absolute Gasteiger partial charge is 0.344 e. The van der Waals surface area contributed by atoms with Crippen molar-refractivity contribution < 1.29 is 14.3 Å². The minimum absolute atomic E-state index is 0.0398. The van der Waals surface area contributed by atoms with Gasteiger partial charge in [0.1, 0.15) is 5.69 Å². The van der Waals surface area contributed by atoms with Crippen LogP contribution in [0.15, 0.2) is 6.20 Å². The normalized spacial score (nSPS) is 12.6. The molecule has 0 aliphatic carbocycles. The summed E-state index contributed by atoms with van der Waals surface area (Å²) in [5, 5.41) is 8.02. The average molecular weight is 258 g/mol. The van der Waals surface area contributed by atoms with E-state index in [-0.39, 0.29) is 15.1 Å². The van der Waals surface area contributed by atoms with Crippen LogP contribution in [-0.4, -0.2) is 16.1 Å². The van der Waals surface area contributed by atoms with Crippen LogP contribution in [0.2, 0.25) is 15.1 Å². The molecule has 0 spiro atoms. The van der Waals surface area contributed by atoms with Gasteiger partial charge in [0.15, 0.2) is 0 Å². The number of pyridine rings is 1. The number of hydrogen-bond donors (Lipinski definition) is 1. The van der Waals surface area contributed by atoms with Crippen molar-refractivity contribution in [2.24, 2.45) is 0 Å². The number of carboxylic acids is 1. The molecule has 0 aromatic carbocycles. The van der Waals surface area contributed by atoms with E-state index in [4.69, 9.17) is 39.9 Å². The Morgan fingerprint density at radius 3 is 2.50 bits per heavy atom. The lowest BCUT2D eigenvalue weighted by Crippen LogP contribution is -2.08. The Labute approximate surface area is 93.4 Å². The van der Waals surface area contributed by atoms with Gasteiger partial charge in [-0.2, -0.15) is 0 Å². The zero-order valence-electron chi connectivity index (χ0n) is 6.47. The molecule has 1 atom stereocenters. The van der Waals surface area contributed by atoms with Gasteiger partial charge in [0.05, 0.1) is 15.1 Å². The Kier molecular flexibility index (Phi) is 3.53. The zero-order valence-corrected chi connectivity index (χ0v) is 8.74. The zero-order chi connectivity index (χ0) is 10.9. The summed E-state index contributed by atoms with van der Waals surface area (Å²) >= 11 is 16.6. The third-order valence-electron chi connectivity index (χ3n) is 1.40. The monoisotopic (exact) mass is 257 g/mol. The molecule has 0 bridgehead atoms. The molecule has 1 rings (SSSR count). The van der Waals surface area contributed by atoms with Crippen molar-refractivity contribution in [3.05, 3.63) is 27.0 Å². The van der Waals surface area contributed by atoms with E-state index in [9.17, 15) is 9.18 Å². The molecule has 76 valence electrons. The van der Waals surface area contributed by atoms with E-state index in [1.165, 1.54) is 0 Å². The summed E-state index contributed by atoms with van der Waals surface area (Å²) in [5.74, 6) is -1.68. The first kappa shape index (κ1) is 11.5. The Morgan fingerprint density at radius 1 is 1.43 bits per heavy atom. The Morgan fingerprint density at radius 2 is 2.00 bits per heavy atom. The van der Waals surface area contributed by atoms with Crippen LogP contribution in [0.5, 0.6) is 0 Å². The Bertz CT molecular complexity index is 385. The van der Waals surface area contributed by atoms with Gasteiger partial charge in [-0.3, -0.25) is 4.98 Å². The Hall–Kier alpha value is -0.580. The lowest BCUT2D eigenvalue weighted by atomic mass is 10.2. The maximum atomic E-state index is 13.0. The molecule has 0 radical (unpaired) electrons. The fraction of sp³-hybridized carbons (Fsp3) is 0.143. The molecule has 14 heavy (non-hydrogen) atoms. The second-order valence-electron chi connectivity index (χ2n) is 2.32. The van der Waals surface area contributed by atoms with Crippen LogP contribution >= 0.6 is 34.8 Å². The lowest BCUT2D eigenvalue weighted by molar-refractivity contribution is -0.143. The number of carboxylic acid groups (broad SMARTS) is 1. The topological polar surface area (TPSA) is 50.2 Å². The predicted octanol–water partition coefficient (Wildman–Crippen LogP) is 3.14.